The Morgan fingerprint density at radius 3 is 2.68 bits per heavy atom. The van der Waals surface area contributed by atoms with Crippen molar-refractivity contribution in [2.45, 2.75) is 20.8 Å². The predicted octanol–water partition coefficient (Wildman–Crippen LogP) is 4.30. The monoisotopic (exact) mass is 510 g/mol. The van der Waals surface area contributed by atoms with Gasteiger partial charge in [0.1, 0.15) is 6.54 Å². The zero-order valence-corrected chi connectivity index (χ0v) is 18.7. The SMILES string of the molecule is CCOC(=O)CN1C(=O)S/C(=C\c2cc(C)n(-c3cccc(I)c3)c2C)C1=O. The normalized spacial score (nSPS) is 15.6. The van der Waals surface area contributed by atoms with E-state index < -0.39 is 17.1 Å². The zero-order valence-electron chi connectivity index (χ0n) is 15.7. The van der Waals surface area contributed by atoms with E-state index in [1.807, 2.05) is 38.1 Å². The molecule has 1 aromatic heterocycles. The second kappa shape index (κ2) is 8.52. The van der Waals surface area contributed by atoms with Crippen molar-refractivity contribution < 1.29 is 19.1 Å². The van der Waals surface area contributed by atoms with E-state index in [0.717, 1.165) is 42.9 Å². The number of hydrogen-bond acceptors (Lipinski definition) is 5. The second-order valence-electron chi connectivity index (χ2n) is 6.21. The molecule has 0 bridgehead atoms. The molecular formula is C20H19IN2O4S. The van der Waals surface area contributed by atoms with E-state index in [0.29, 0.717) is 4.91 Å². The molecule has 0 saturated carbocycles. The smallest absolute Gasteiger partial charge is 0.326 e. The minimum Gasteiger partial charge on any atom is -0.465 e. The first-order valence-corrected chi connectivity index (χ1v) is 10.6. The van der Waals surface area contributed by atoms with E-state index in [2.05, 4.69) is 33.2 Å². The number of benzene rings is 1. The number of aromatic nitrogens is 1. The number of hydrogen-bond donors (Lipinski definition) is 0. The van der Waals surface area contributed by atoms with Gasteiger partial charge >= 0.3 is 5.97 Å². The number of esters is 1. The fourth-order valence-corrected chi connectivity index (χ4v) is 4.42. The minimum absolute atomic E-state index is 0.204. The Morgan fingerprint density at radius 1 is 1.25 bits per heavy atom. The largest absolute Gasteiger partial charge is 0.465 e. The summed E-state index contributed by atoms with van der Waals surface area (Å²) in [5, 5.41) is -0.462. The lowest BCUT2D eigenvalue weighted by Gasteiger charge is -2.11. The van der Waals surface area contributed by atoms with E-state index in [9.17, 15) is 14.4 Å². The van der Waals surface area contributed by atoms with Crippen LogP contribution in [-0.4, -0.2) is 39.7 Å². The summed E-state index contributed by atoms with van der Waals surface area (Å²) >= 11 is 3.11. The van der Waals surface area contributed by atoms with Crippen LogP contribution in [0.2, 0.25) is 0 Å². The molecule has 6 nitrogen and oxygen atoms in total. The number of carbonyl (C=O) groups is 3. The van der Waals surface area contributed by atoms with Crippen molar-refractivity contribution >= 4 is 57.5 Å². The van der Waals surface area contributed by atoms with Gasteiger partial charge < -0.3 is 9.30 Å². The topological polar surface area (TPSA) is 68.6 Å². The van der Waals surface area contributed by atoms with Crippen LogP contribution in [0.1, 0.15) is 23.9 Å². The minimum atomic E-state index is -0.595. The van der Waals surface area contributed by atoms with Gasteiger partial charge in [-0.25, -0.2) is 0 Å². The fraction of sp³-hybridized carbons (Fsp3) is 0.250. The molecule has 28 heavy (non-hydrogen) atoms. The van der Waals surface area contributed by atoms with Crippen molar-refractivity contribution in [3.8, 4) is 5.69 Å². The Bertz CT molecular complexity index is 996. The first-order chi connectivity index (χ1) is 13.3. The van der Waals surface area contributed by atoms with Gasteiger partial charge in [-0.3, -0.25) is 19.3 Å². The van der Waals surface area contributed by atoms with Crippen molar-refractivity contribution in [3.05, 3.63) is 55.8 Å². The molecule has 146 valence electrons. The standard InChI is InChI=1S/C20H19IN2O4S/c1-4-27-18(24)11-22-19(25)17(28-20(22)26)9-14-8-12(2)23(13(14)3)16-7-5-6-15(21)10-16/h5-10H,4,11H2,1-3H3/b17-9-. The average Bonchev–Trinajstić information content (AvgIpc) is 3.05. The Hall–Kier alpha value is -2.07. The van der Waals surface area contributed by atoms with Crippen molar-refractivity contribution in [2.24, 2.45) is 0 Å². The summed E-state index contributed by atoms with van der Waals surface area (Å²) in [7, 11) is 0. The van der Waals surface area contributed by atoms with E-state index in [4.69, 9.17) is 4.74 Å². The number of carbonyl (C=O) groups excluding carboxylic acids is 3. The van der Waals surface area contributed by atoms with E-state index in [-0.39, 0.29) is 13.2 Å². The van der Waals surface area contributed by atoms with E-state index in [1.165, 1.54) is 0 Å². The maximum Gasteiger partial charge on any atom is 0.326 e. The summed E-state index contributed by atoms with van der Waals surface area (Å²) in [5.74, 6) is -1.06. The second-order valence-corrected chi connectivity index (χ2v) is 8.45. The molecule has 1 saturated heterocycles. The van der Waals surface area contributed by atoms with Crippen LogP contribution in [0.25, 0.3) is 11.8 Å². The van der Waals surface area contributed by atoms with E-state index in [1.54, 1.807) is 13.0 Å². The Morgan fingerprint density at radius 2 is 2.00 bits per heavy atom. The third-order valence-electron chi connectivity index (χ3n) is 4.29. The molecule has 2 heterocycles. The van der Waals surface area contributed by atoms with Gasteiger partial charge in [0.25, 0.3) is 11.1 Å². The highest BCUT2D eigenvalue weighted by Gasteiger charge is 2.36. The van der Waals surface area contributed by atoms with Gasteiger partial charge in [0.15, 0.2) is 0 Å². The first kappa shape index (κ1) is 20.7. The van der Waals surface area contributed by atoms with Crippen molar-refractivity contribution in [3.63, 3.8) is 0 Å². The third-order valence-corrected chi connectivity index (χ3v) is 5.87. The van der Waals surface area contributed by atoms with Crippen LogP contribution in [0.3, 0.4) is 0 Å². The van der Waals surface area contributed by atoms with E-state index >= 15 is 0 Å². The molecule has 1 aliphatic heterocycles. The third kappa shape index (κ3) is 4.17. The van der Waals surface area contributed by atoms with Crippen LogP contribution < -0.4 is 0 Å². The van der Waals surface area contributed by atoms with Crippen LogP contribution in [0.4, 0.5) is 4.79 Å². The van der Waals surface area contributed by atoms with Gasteiger partial charge in [0.05, 0.1) is 11.5 Å². The molecule has 0 radical (unpaired) electrons. The number of thioether (sulfide) groups is 1. The maximum absolute atomic E-state index is 12.6. The molecule has 1 aliphatic rings. The zero-order chi connectivity index (χ0) is 20.4. The van der Waals surface area contributed by atoms with Crippen LogP contribution in [0.15, 0.2) is 35.2 Å². The lowest BCUT2D eigenvalue weighted by atomic mass is 10.2. The quantitative estimate of drug-likeness (QED) is 0.341. The summed E-state index contributed by atoms with van der Waals surface area (Å²) in [4.78, 5) is 37.6. The number of aryl methyl sites for hydroxylation is 1. The van der Waals surface area contributed by atoms with Gasteiger partial charge in [-0.1, -0.05) is 6.07 Å². The average molecular weight is 510 g/mol. The molecule has 2 aromatic rings. The van der Waals surface area contributed by atoms with Crippen molar-refractivity contribution in [2.75, 3.05) is 13.2 Å². The van der Waals surface area contributed by atoms with Gasteiger partial charge in [0.2, 0.25) is 0 Å². The summed E-state index contributed by atoms with van der Waals surface area (Å²) in [6, 6.07) is 10.1. The highest BCUT2D eigenvalue weighted by molar-refractivity contribution is 14.1. The first-order valence-electron chi connectivity index (χ1n) is 8.67. The van der Waals surface area contributed by atoms with Crippen molar-refractivity contribution in [1.29, 1.82) is 0 Å². The number of ether oxygens (including phenoxy) is 1. The predicted molar refractivity (Wildman–Crippen MR) is 117 cm³/mol. The number of imide groups is 1. The fourth-order valence-electron chi connectivity index (χ4n) is 3.06. The Kier molecular flexibility index (Phi) is 6.29. The highest BCUT2D eigenvalue weighted by Crippen LogP contribution is 2.33. The molecule has 1 fully saturated rings. The van der Waals surface area contributed by atoms with Crippen LogP contribution in [0, 0.1) is 17.4 Å². The molecular weight excluding hydrogens is 491 g/mol. The molecule has 2 amide bonds. The maximum atomic E-state index is 12.6. The van der Waals surface area contributed by atoms with Crippen LogP contribution in [0.5, 0.6) is 0 Å². The van der Waals surface area contributed by atoms with Gasteiger partial charge in [-0.05, 0) is 91.0 Å². The van der Waals surface area contributed by atoms with Crippen molar-refractivity contribution in [1.82, 2.24) is 9.47 Å². The number of nitrogens with zero attached hydrogens (tertiary/aromatic N) is 2. The number of amides is 2. The number of halogens is 1. The molecule has 0 spiro atoms. The lowest BCUT2D eigenvalue weighted by Crippen LogP contribution is -2.34. The summed E-state index contributed by atoms with van der Waals surface area (Å²) in [6.45, 7) is 5.49. The molecule has 0 unspecified atom stereocenters. The van der Waals surface area contributed by atoms with Crippen LogP contribution >= 0.6 is 34.4 Å². The van der Waals surface area contributed by atoms with Gasteiger partial charge in [-0.2, -0.15) is 0 Å². The molecule has 0 N–H and O–H groups in total. The lowest BCUT2D eigenvalue weighted by molar-refractivity contribution is -0.145. The van der Waals surface area contributed by atoms with Crippen LogP contribution in [-0.2, 0) is 14.3 Å². The molecule has 8 heteroatoms. The highest BCUT2D eigenvalue weighted by atomic mass is 127. The number of rotatable bonds is 5. The summed E-state index contributed by atoms with van der Waals surface area (Å²) < 4.78 is 8.07. The van der Waals surface area contributed by atoms with Gasteiger partial charge in [-0.15, -0.1) is 0 Å². The van der Waals surface area contributed by atoms with Gasteiger partial charge in [0, 0.05) is 20.6 Å². The molecule has 3 rings (SSSR count). The molecule has 1 aromatic carbocycles. The molecule has 0 atom stereocenters. The molecule has 0 aliphatic carbocycles. The summed E-state index contributed by atoms with van der Waals surface area (Å²) in [6.07, 6.45) is 1.71. The summed E-state index contributed by atoms with van der Waals surface area (Å²) in [5.41, 5.74) is 3.89. The Balaban J connectivity index is 1.90. The Labute approximate surface area is 181 Å².